The van der Waals surface area contributed by atoms with Crippen LogP contribution in [0, 0.1) is 34.9 Å². The van der Waals surface area contributed by atoms with Gasteiger partial charge in [0.2, 0.25) is 5.91 Å². The summed E-state index contributed by atoms with van der Waals surface area (Å²) in [5.74, 6) is 0.699. The summed E-state index contributed by atoms with van der Waals surface area (Å²) >= 11 is 0. The van der Waals surface area contributed by atoms with Gasteiger partial charge in [0.05, 0.1) is 17.6 Å². The molecule has 1 amide bonds. The largest absolute Gasteiger partial charge is 0.419 e. The molecule has 2 bridgehead atoms. The molecule has 168 valence electrons. The van der Waals surface area contributed by atoms with E-state index in [1.807, 2.05) is 0 Å². The van der Waals surface area contributed by atoms with E-state index in [1.165, 1.54) is 17.1 Å². The third-order valence-corrected chi connectivity index (χ3v) is 7.66. The van der Waals surface area contributed by atoms with Crippen LogP contribution in [0.2, 0.25) is 0 Å². The van der Waals surface area contributed by atoms with Crippen LogP contribution >= 0.6 is 0 Å². The van der Waals surface area contributed by atoms with Crippen molar-refractivity contribution in [3.8, 4) is 17.2 Å². The maximum atomic E-state index is 14.9. The van der Waals surface area contributed by atoms with Gasteiger partial charge in [-0.2, -0.15) is 5.26 Å². The zero-order chi connectivity index (χ0) is 22.9. The monoisotopic (exact) mass is 446 g/mol. The summed E-state index contributed by atoms with van der Waals surface area (Å²) in [5.41, 5.74) is 2.86. The lowest BCUT2D eigenvalue weighted by Crippen LogP contribution is -2.51. The first-order chi connectivity index (χ1) is 15.9. The number of oxazole rings is 1. The van der Waals surface area contributed by atoms with Gasteiger partial charge in [0.15, 0.2) is 5.58 Å². The van der Waals surface area contributed by atoms with Crippen LogP contribution in [0.3, 0.4) is 0 Å². The highest BCUT2D eigenvalue weighted by Crippen LogP contribution is 2.59. The lowest BCUT2D eigenvalue weighted by Gasteiger charge is -2.23. The second-order valence-electron chi connectivity index (χ2n) is 9.52. The summed E-state index contributed by atoms with van der Waals surface area (Å²) in [5, 5.41) is 15.8. The normalized spacial score (nSPS) is 27.8. The number of hydrogen-bond donors (Lipinski definition) is 2. The number of piperidine rings is 1. The Kier molecular flexibility index (Phi) is 4.46. The molecular formula is C25H23FN4O3. The number of carbonyl (C=O) groups excluding carboxylic acids is 1. The van der Waals surface area contributed by atoms with E-state index in [4.69, 9.17) is 4.42 Å². The summed E-state index contributed by atoms with van der Waals surface area (Å²) in [7, 11) is 1.62. The van der Waals surface area contributed by atoms with Crippen LogP contribution in [0.5, 0.6) is 0 Å². The van der Waals surface area contributed by atoms with Crippen LogP contribution in [0.15, 0.2) is 45.6 Å². The summed E-state index contributed by atoms with van der Waals surface area (Å²) < 4.78 is 21.5. The molecule has 8 heteroatoms. The lowest BCUT2D eigenvalue weighted by molar-refractivity contribution is -0.124. The fraction of sp³-hybridized carbons (Fsp3) is 0.400. The van der Waals surface area contributed by atoms with Crippen molar-refractivity contribution in [2.45, 2.75) is 37.4 Å². The quantitative estimate of drug-likeness (QED) is 0.627. The molecule has 1 aromatic heterocycles. The number of amides is 1. The number of aryl methyl sites for hydroxylation is 1. The van der Waals surface area contributed by atoms with Crippen molar-refractivity contribution in [1.29, 1.82) is 5.26 Å². The topological polar surface area (TPSA) is 100 Å². The molecule has 3 aliphatic rings. The predicted octanol–water partition coefficient (Wildman–Crippen LogP) is 2.48. The van der Waals surface area contributed by atoms with E-state index in [2.05, 4.69) is 16.7 Å². The van der Waals surface area contributed by atoms with Crippen molar-refractivity contribution >= 4 is 17.0 Å². The molecule has 6 atom stereocenters. The molecule has 2 saturated carbocycles. The highest BCUT2D eigenvalue weighted by molar-refractivity contribution is 5.84. The van der Waals surface area contributed by atoms with E-state index in [0.29, 0.717) is 40.1 Å². The van der Waals surface area contributed by atoms with Gasteiger partial charge in [-0.25, -0.2) is 9.18 Å². The van der Waals surface area contributed by atoms with Crippen molar-refractivity contribution < 1.29 is 13.6 Å². The Bertz CT molecular complexity index is 1390. The summed E-state index contributed by atoms with van der Waals surface area (Å²) in [6.07, 6.45) is 2.34. The number of halogens is 1. The lowest BCUT2D eigenvalue weighted by atomic mass is 9.96. The molecule has 2 heterocycles. The Morgan fingerprint density at radius 3 is 2.76 bits per heavy atom. The van der Waals surface area contributed by atoms with Crippen LogP contribution in [-0.2, 0) is 18.3 Å². The first-order valence-electron chi connectivity index (χ1n) is 11.3. The van der Waals surface area contributed by atoms with Crippen LogP contribution in [0.1, 0.15) is 18.4 Å². The number of carbonyl (C=O) groups is 1. The van der Waals surface area contributed by atoms with Crippen molar-refractivity contribution in [3.05, 3.63) is 58.3 Å². The fourth-order valence-corrected chi connectivity index (χ4v) is 5.84. The molecule has 0 spiro atoms. The van der Waals surface area contributed by atoms with Gasteiger partial charge in [0.1, 0.15) is 11.9 Å². The second-order valence-corrected chi connectivity index (χ2v) is 9.52. The van der Waals surface area contributed by atoms with Gasteiger partial charge >= 0.3 is 5.76 Å². The van der Waals surface area contributed by atoms with Gasteiger partial charge in [0.25, 0.3) is 0 Å². The molecule has 2 aliphatic carbocycles. The number of hydrogen-bond acceptors (Lipinski definition) is 5. The summed E-state index contributed by atoms with van der Waals surface area (Å²) in [4.78, 5) is 24.5. The standard InChI is InChI=1S/C25H23FN4O3/c1-30-21-8-13(4-5-22(21)33-25(30)32)12-2-3-14(19(26)7-12)6-15(11-27)28-24(31)23-18-10-20(29-23)17-9-16(17)18/h2-5,7-8,15-18,20,23,29H,6,9-10H2,1H3,(H,28,31)/t15-,16+,17-,18+,20-,23-/m0/s1. The summed E-state index contributed by atoms with van der Waals surface area (Å²) in [6, 6.07) is 11.6. The van der Waals surface area contributed by atoms with Crippen LogP contribution in [0.25, 0.3) is 22.2 Å². The first kappa shape index (κ1) is 20.2. The van der Waals surface area contributed by atoms with Gasteiger partial charge < -0.3 is 15.1 Å². The van der Waals surface area contributed by atoms with Crippen molar-refractivity contribution in [2.24, 2.45) is 24.8 Å². The highest BCUT2D eigenvalue weighted by Gasteiger charge is 2.62. The predicted molar refractivity (Wildman–Crippen MR) is 119 cm³/mol. The minimum Gasteiger partial charge on any atom is -0.408 e. The molecule has 6 rings (SSSR count). The molecule has 3 aromatic rings. The van der Waals surface area contributed by atoms with Crippen molar-refractivity contribution in [1.82, 2.24) is 15.2 Å². The van der Waals surface area contributed by atoms with E-state index < -0.39 is 17.6 Å². The molecule has 1 aliphatic heterocycles. The maximum absolute atomic E-state index is 14.9. The first-order valence-corrected chi connectivity index (χ1v) is 11.3. The highest BCUT2D eigenvalue weighted by atomic mass is 19.1. The molecule has 0 unspecified atom stereocenters. The molecule has 7 nitrogen and oxygen atoms in total. The van der Waals surface area contributed by atoms with Crippen molar-refractivity contribution in [3.63, 3.8) is 0 Å². The molecule has 2 N–H and O–H groups in total. The van der Waals surface area contributed by atoms with Gasteiger partial charge in [-0.05, 0) is 65.5 Å². The fourth-order valence-electron chi connectivity index (χ4n) is 5.84. The summed E-state index contributed by atoms with van der Waals surface area (Å²) in [6.45, 7) is 0. The van der Waals surface area contributed by atoms with Crippen LogP contribution < -0.4 is 16.4 Å². The van der Waals surface area contributed by atoms with Crippen molar-refractivity contribution in [2.75, 3.05) is 0 Å². The smallest absolute Gasteiger partial charge is 0.408 e. The SMILES string of the molecule is Cn1c(=O)oc2ccc(-c3ccc(C[C@@H](C#N)NC(=O)[C@H]4N[C@H]5C[C@@H]4[C@@H]4C[C@@H]45)c(F)c3)cc21. The third-order valence-electron chi connectivity index (χ3n) is 7.66. The number of nitrogens with zero attached hydrogens (tertiary/aromatic N) is 2. The number of aromatic nitrogens is 1. The second kappa shape index (κ2) is 7.29. The average Bonchev–Trinajstić information content (AvgIpc) is 3.29. The number of nitriles is 1. The number of nitrogens with one attached hydrogen (secondary N) is 2. The van der Waals surface area contributed by atoms with E-state index in [1.54, 1.807) is 37.4 Å². The number of fused-ring (bicyclic) bond motifs is 6. The van der Waals surface area contributed by atoms with E-state index in [9.17, 15) is 19.2 Å². The van der Waals surface area contributed by atoms with E-state index in [0.717, 1.165) is 17.9 Å². The van der Waals surface area contributed by atoms with E-state index in [-0.39, 0.29) is 18.4 Å². The van der Waals surface area contributed by atoms with E-state index >= 15 is 0 Å². The number of benzene rings is 2. The number of rotatable bonds is 5. The van der Waals surface area contributed by atoms with Gasteiger partial charge in [-0.1, -0.05) is 18.2 Å². The van der Waals surface area contributed by atoms with Gasteiger partial charge in [-0.3, -0.25) is 9.36 Å². The Hall–Kier alpha value is -3.44. The Labute approximate surface area is 189 Å². The zero-order valence-electron chi connectivity index (χ0n) is 18.0. The minimum atomic E-state index is -0.800. The minimum absolute atomic E-state index is 0.0937. The van der Waals surface area contributed by atoms with Gasteiger partial charge in [0, 0.05) is 19.5 Å². The molecular weight excluding hydrogens is 423 g/mol. The average molecular weight is 446 g/mol. The molecule has 2 aromatic carbocycles. The van der Waals surface area contributed by atoms with Crippen LogP contribution in [-0.4, -0.2) is 28.6 Å². The third kappa shape index (κ3) is 3.26. The molecule has 33 heavy (non-hydrogen) atoms. The van der Waals surface area contributed by atoms with Gasteiger partial charge in [-0.15, -0.1) is 0 Å². The Morgan fingerprint density at radius 2 is 2.03 bits per heavy atom. The molecule has 3 fully saturated rings. The Balaban J connectivity index is 1.17. The zero-order valence-corrected chi connectivity index (χ0v) is 18.0. The van der Waals surface area contributed by atoms with Crippen LogP contribution in [0.4, 0.5) is 4.39 Å². The maximum Gasteiger partial charge on any atom is 0.419 e. The molecule has 1 saturated heterocycles. The Morgan fingerprint density at radius 1 is 1.24 bits per heavy atom. The molecule has 0 radical (unpaired) electrons.